The Balaban J connectivity index is 1.34. The molecule has 1 aliphatic heterocycles. The third-order valence-corrected chi connectivity index (χ3v) is 5.40. The minimum Gasteiger partial charge on any atom is -0.367 e. The van der Waals surface area contributed by atoms with Gasteiger partial charge < -0.3 is 15.1 Å². The van der Waals surface area contributed by atoms with Gasteiger partial charge in [0.1, 0.15) is 0 Å². The minimum absolute atomic E-state index is 0.0222. The second-order valence-electron chi connectivity index (χ2n) is 7.30. The predicted octanol–water partition coefficient (Wildman–Crippen LogP) is 3.43. The summed E-state index contributed by atoms with van der Waals surface area (Å²) >= 11 is 0. The van der Waals surface area contributed by atoms with E-state index in [2.05, 4.69) is 46.6 Å². The first-order valence-corrected chi connectivity index (χ1v) is 10.2. The first-order valence-electron chi connectivity index (χ1n) is 10.2. The normalized spacial score (nSPS) is 13.7. The minimum atomic E-state index is -0.223. The molecule has 0 unspecified atom stereocenters. The van der Waals surface area contributed by atoms with Crippen LogP contribution in [0, 0.1) is 0 Å². The first-order chi connectivity index (χ1) is 14.7. The van der Waals surface area contributed by atoms with Gasteiger partial charge in [0.25, 0.3) is 5.91 Å². The van der Waals surface area contributed by atoms with E-state index in [-0.39, 0.29) is 18.4 Å². The van der Waals surface area contributed by atoms with Crippen LogP contribution in [0.3, 0.4) is 0 Å². The van der Waals surface area contributed by atoms with Crippen molar-refractivity contribution in [3.8, 4) is 11.1 Å². The fraction of sp³-hybridized carbons (Fsp3) is 0.200. The zero-order chi connectivity index (χ0) is 20.8. The van der Waals surface area contributed by atoms with Crippen LogP contribution in [0.2, 0.25) is 0 Å². The number of nitrogens with one attached hydrogen (secondary N) is 1. The number of anilines is 1. The van der Waals surface area contributed by atoms with Crippen molar-refractivity contribution in [2.24, 2.45) is 0 Å². The molecule has 3 aromatic carbocycles. The van der Waals surface area contributed by atoms with E-state index in [0.717, 1.165) is 13.1 Å². The van der Waals surface area contributed by atoms with Crippen LogP contribution in [0.1, 0.15) is 10.4 Å². The first kappa shape index (κ1) is 19.7. The molecule has 152 valence electrons. The maximum absolute atomic E-state index is 12.6. The van der Waals surface area contributed by atoms with E-state index in [1.165, 1.54) is 16.8 Å². The molecule has 3 aromatic rings. The number of nitrogens with zero attached hydrogens (tertiary/aromatic N) is 2. The van der Waals surface area contributed by atoms with Gasteiger partial charge in [-0.25, -0.2) is 0 Å². The van der Waals surface area contributed by atoms with Crippen LogP contribution in [-0.4, -0.2) is 49.4 Å². The van der Waals surface area contributed by atoms with Crippen LogP contribution >= 0.6 is 0 Å². The molecule has 1 fully saturated rings. The van der Waals surface area contributed by atoms with Crippen molar-refractivity contribution < 1.29 is 9.59 Å². The van der Waals surface area contributed by atoms with E-state index in [4.69, 9.17) is 0 Å². The lowest BCUT2D eigenvalue weighted by molar-refractivity contribution is -0.130. The number of benzene rings is 3. The van der Waals surface area contributed by atoms with Gasteiger partial charge in [-0.05, 0) is 23.8 Å². The molecule has 0 radical (unpaired) electrons. The molecular weight excluding hydrogens is 374 g/mol. The van der Waals surface area contributed by atoms with Crippen molar-refractivity contribution >= 4 is 17.5 Å². The number of amides is 2. The van der Waals surface area contributed by atoms with Crippen LogP contribution in [0.15, 0.2) is 84.9 Å². The van der Waals surface area contributed by atoms with Gasteiger partial charge >= 0.3 is 0 Å². The van der Waals surface area contributed by atoms with Gasteiger partial charge in [0.05, 0.1) is 6.54 Å². The SMILES string of the molecule is O=C(NCC(=O)N1CCN(c2ccccc2-c2ccccc2)CC1)c1ccccc1. The van der Waals surface area contributed by atoms with Gasteiger partial charge in [0.2, 0.25) is 5.91 Å². The molecule has 5 heteroatoms. The quantitative estimate of drug-likeness (QED) is 0.715. The van der Waals surface area contributed by atoms with Crippen LogP contribution in [0.25, 0.3) is 11.1 Å². The smallest absolute Gasteiger partial charge is 0.251 e. The van der Waals surface area contributed by atoms with Crippen molar-refractivity contribution in [3.63, 3.8) is 0 Å². The van der Waals surface area contributed by atoms with E-state index in [1.807, 2.05) is 41.3 Å². The standard InChI is InChI=1S/C25H25N3O2/c29-24(19-26-25(30)21-11-5-2-6-12-21)28-17-15-27(16-18-28)23-14-8-7-13-22(23)20-9-3-1-4-10-20/h1-14H,15-19H2,(H,26,30). The Morgan fingerprint density at radius 1 is 0.733 bits per heavy atom. The third-order valence-electron chi connectivity index (χ3n) is 5.40. The van der Waals surface area contributed by atoms with Gasteiger partial charge in [-0.2, -0.15) is 0 Å². The third kappa shape index (κ3) is 4.51. The van der Waals surface area contributed by atoms with Crippen molar-refractivity contribution in [1.82, 2.24) is 10.2 Å². The molecule has 0 atom stereocenters. The second-order valence-corrected chi connectivity index (χ2v) is 7.30. The summed E-state index contributed by atoms with van der Waals surface area (Å²) in [5.74, 6) is -0.269. The Hall–Kier alpha value is -3.60. The van der Waals surface area contributed by atoms with Gasteiger partial charge in [-0.1, -0.05) is 66.7 Å². The highest BCUT2D eigenvalue weighted by Crippen LogP contribution is 2.31. The fourth-order valence-corrected chi connectivity index (χ4v) is 3.77. The van der Waals surface area contributed by atoms with E-state index in [1.54, 1.807) is 12.1 Å². The Morgan fingerprint density at radius 3 is 2.03 bits per heavy atom. The lowest BCUT2D eigenvalue weighted by Crippen LogP contribution is -2.51. The molecule has 0 aromatic heterocycles. The molecular formula is C25H25N3O2. The molecule has 0 spiro atoms. The summed E-state index contributed by atoms with van der Waals surface area (Å²) in [4.78, 5) is 28.9. The Labute approximate surface area is 176 Å². The van der Waals surface area contributed by atoms with Crippen LogP contribution in [0.5, 0.6) is 0 Å². The highest BCUT2D eigenvalue weighted by molar-refractivity contribution is 5.96. The van der Waals surface area contributed by atoms with Gasteiger partial charge in [0, 0.05) is 43.0 Å². The molecule has 2 amide bonds. The molecule has 5 nitrogen and oxygen atoms in total. The van der Waals surface area contributed by atoms with E-state index in [9.17, 15) is 9.59 Å². The van der Waals surface area contributed by atoms with Gasteiger partial charge in [-0.15, -0.1) is 0 Å². The van der Waals surface area contributed by atoms with E-state index in [0.29, 0.717) is 18.7 Å². The van der Waals surface area contributed by atoms with Gasteiger partial charge in [-0.3, -0.25) is 9.59 Å². The molecule has 0 bridgehead atoms. The number of rotatable bonds is 5. The predicted molar refractivity (Wildman–Crippen MR) is 119 cm³/mol. The molecule has 0 saturated carbocycles. The molecule has 1 saturated heterocycles. The van der Waals surface area contributed by atoms with E-state index < -0.39 is 0 Å². The number of carbonyl (C=O) groups is 2. The molecule has 0 aliphatic carbocycles. The van der Waals surface area contributed by atoms with E-state index >= 15 is 0 Å². The van der Waals surface area contributed by atoms with Crippen molar-refractivity contribution in [2.45, 2.75) is 0 Å². The molecule has 1 N–H and O–H groups in total. The number of hydrogen-bond donors (Lipinski definition) is 1. The summed E-state index contributed by atoms with van der Waals surface area (Å²) in [6.45, 7) is 2.84. The van der Waals surface area contributed by atoms with Crippen LogP contribution < -0.4 is 10.2 Å². The summed E-state index contributed by atoms with van der Waals surface area (Å²) in [5.41, 5.74) is 4.14. The summed E-state index contributed by atoms with van der Waals surface area (Å²) in [5, 5.41) is 2.73. The second kappa shape index (κ2) is 9.27. The lowest BCUT2D eigenvalue weighted by Gasteiger charge is -2.37. The zero-order valence-corrected chi connectivity index (χ0v) is 16.8. The van der Waals surface area contributed by atoms with Gasteiger partial charge in [0.15, 0.2) is 0 Å². The lowest BCUT2D eigenvalue weighted by atomic mass is 10.0. The Kier molecular flexibility index (Phi) is 6.09. The van der Waals surface area contributed by atoms with Crippen molar-refractivity contribution in [3.05, 3.63) is 90.5 Å². The molecule has 1 aliphatic rings. The molecule has 4 rings (SSSR count). The topological polar surface area (TPSA) is 52.7 Å². The highest BCUT2D eigenvalue weighted by atomic mass is 16.2. The Bertz CT molecular complexity index is 997. The molecule has 30 heavy (non-hydrogen) atoms. The largest absolute Gasteiger partial charge is 0.367 e. The van der Waals surface area contributed by atoms with Crippen LogP contribution in [-0.2, 0) is 4.79 Å². The summed E-state index contributed by atoms with van der Waals surface area (Å²) < 4.78 is 0. The number of para-hydroxylation sites is 1. The maximum Gasteiger partial charge on any atom is 0.251 e. The molecule has 1 heterocycles. The maximum atomic E-state index is 12.6. The fourth-order valence-electron chi connectivity index (χ4n) is 3.77. The monoisotopic (exact) mass is 399 g/mol. The van der Waals surface area contributed by atoms with Crippen molar-refractivity contribution in [1.29, 1.82) is 0 Å². The number of hydrogen-bond acceptors (Lipinski definition) is 3. The summed E-state index contributed by atoms with van der Waals surface area (Å²) in [6.07, 6.45) is 0. The average Bonchev–Trinajstić information content (AvgIpc) is 2.83. The summed E-state index contributed by atoms with van der Waals surface area (Å²) in [6, 6.07) is 27.7. The number of carbonyl (C=O) groups excluding carboxylic acids is 2. The number of piperazine rings is 1. The highest BCUT2D eigenvalue weighted by Gasteiger charge is 2.23. The zero-order valence-electron chi connectivity index (χ0n) is 16.8. The Morgan fingerprint density at radius 2 is 1.33 bits per heavy atom. The summed E-state index contributed by atoms with van der Waals surface area (Å²) in [7, 11) is 0. The van der Waals surface area contributed by atoms with Crippen molar-refractivity contribution in [2.75, 3.05) is 37.6 Å². The van der Waals surface area contributed by atoms with Crippen LogP contribution in [0.4, 0.5) is 5.69 Å². The average molecular weight is 399 g/mol.